The van der Waals surface area contributed by atoms with E-state index < -0.39 is 0 Å². The Bertz CT molecular complexity index is 786. The van der Waals surface area contributed by atoms with Crippen molar-refractivity contribution in [2.45, 2.75) is 44.7 Å². The summed E-state index contributed by atoms with van der Waals surface area (Å²) in [4.78, 5) is 7.11. The minimum absolute atomic E-state index is 0.292. The van der Waals surface area contributed by atoms with Gasteiger partial charge in [0.1, 0.15) is 11.3 Å². The zero-order valence-electron chi connectivity index (χ0n) is 13.6. The maximum atomic E-state index is 9.69. The molecule has 1 saturated heterocycles. The van der Waals surface area contributed by atoms with E-state index in [0.717, 1.165) is 55.0 Å². The molecule has 120 valence electrons. The smallest absolute Gasteiger partial charge is 0.130 e. The molecule has 1 atom stereocenters. The van der Waals surface area contributed by atoms with Crippen LogP contribution in [0.25, 0.3) is 11.0 Å². The minimum atomic E-state index is -0.349. The average Bonchev–Trinajstić information content (AvgIpc) is 3.27. The number of anilines is 1. The fourth-order valence-corrected chi connectivity index (χ4v) is 3.47. The van der Waals surface area contributed by atoms with Crippen LogP contribution in [0.3, 0.4) is 0 Å². The first-order valence-corrected chi connectivity index (χ1v) is 8.31. The lowest BCUT2D eigenvalue weighted by atomic mass is 9.96. The SMILES string of the molecule is CCn1ncc2nc(N3CCOC[C@H]3C)cc(C3(C#N)CC3)c21. The van der Waals surface area contributed by atoms with Gasteiger partial charge in [-0.3, -0.25) is 4.68 Å². The van der Waals surface area contributed by atoms with Gasteiger partial charge in [-0.25, -0.2) is 4.98 Å². The molecule has 2 aromatic rings. The van der Waals surface area contributed by atoms with E-state index in [9.17, 15) is 5.26 Å². The molecule has 0 bridgehead atoms. The molecule has 6 heteroatoms. The Labute approximate surface area is 135 Å². The summed E-state index contributed by atoms with van der Waals surface area (Å²) < 4.78 is 7.50. The van der Waals surface area contributed by atoms with Crippen LogP contribution in [0.15, 0.2) is 12.3 Å². The molecule has 1 saturated carbocycles. The number of hydrogen-bond acceptors (Lipinski definition) is 5. The highest BCUT2D eigenvalue weighted by atomic mass is 16.5. The molecule has 0 amide bonds. The molecule has 1 aliphatic carbocycles. The van der Waals surface area contributed by atoms with E-state index in [1.165, 1.54) is 0 Å². The number of morpholine rings is 1. The first-order chi connectivity index (χ1) is 11.2. The van der Waals surface area contributed by atoms with Crippen LogP contribution >= 0.6 is 0 Å². The highest BCUT2D eigenvalue weighted by Crippen LogP contribution is 2.50. The summed E-state index contributed by atoms with van der Waals surface area (Å²) in [5, 5.41) is 14.1. The van der Waals surface area contributed by atoms with E-state index in [1.54, 1.807) is 0 Å². The van der Waals surface area contributed by atoms with E-state index in [2.05, 4.69) is 36.0 Å². The molecule has 0 radical (unpaired) electrons. The van der Waals surface area contributed by atoms with Gasteiger partial charge in [0.05, 0.1) is 42.5 Å². The zero-order valence-corrected chi connectivity index (χ0v) is 13.6. The maximum Gasteiger partial charge on any atom is 0.130 e. The lowest BCUT2D eigenvalue weighted by Gasteiger charge is -2.34. The Morgan fingerprint density at radius 2 is 2.30 bits per heavy atom. The van der Waals surface area contributed by atoms with Crippen molar-refractivity contribution in [3.8, 4) is 6.07 Å². The zero-order chi connectivity index (χ0) is 16.0. The van der Waals surface area contributed by atoms with Crippen molar-refractivity contribution in [2.75, 3.05) is 24.7 Å². The molecule has 0 unspecified atom stereocenters. The van der Waals surface area contributed by atoms with Crippen LogP contribution in [-0.4, -0.2) is 40.6 Å². The number of hydrogen-bond donors (Lipinski definition) is 0. The van der Waals surface area contributed by atoms with Gasteiger partial charge in [0.15, 0.2) is 0 Å². The van der Waals surface area contributed by atoms with Crippen LogP contribution in [0.5, 0.6) is 0 Å². The van der Waals surface area contributed by atoms with E-state index in [1.807, 2.05) is 10.9 Å². The van der Waals surface area contributed by atoms with Crippen molar-refractivity contribution in [3.63, 3.8) is 0 Å². The Morgan fingerprint density at radius 1 is 1.48 bits per heavy atom. The van der Waals surface area contributed by atoms with Crippen LogP contribution in [-0.2, 0) is 16.7 Å². The third-order valence-corrected chi connectivity index (χ3v) is 5.02. The molecular formula is C17H21N5O. The van der Waals surface area contributed by atoms with Crippen LogP contribution in [0.4, 0.5) is 5.82 Å². The van der Waals surface area contributed by atoms with Crippen molar-refractivity contribution in [1.29, 1.82) is 5.26 Å². The van der Waals surface area contributed by atoms with Gasteiger partial charge >= 0.3 is 0 Å². The van der Waals surface area contributed by atoms with Crippen molar-refractivity contribution in [3.05, 3.63) is 17.8 Å². The van der Waals surface area contributed by atoms with Gasteiger partial charge in [0.25, 0.3) is 0 Å². The molecule has 2 aliphatic rings. The monoisotopic (exact) mass is 311 g/mol. The van der Waals surface area contributed by atoms with Gasteiger partial charge in [-0.2, -0.15) is 10.4 Å². The van der Waals surface area contributed by atoms with E-state index in [4.69, 9.17) is 9.72 Å². The van der Waals surface area contributed by atoms with Gasteiger partial charge in [-0.1, -0.05) is 0 Å². The summed E-state index contributed by atoms with van der Waals surface area (Å²) >= 11 is 0. The van der Waals surface area contributed by atoms with Crippen LogP contribution < -0.4 is 4.90 Å². The fraction of sp³-hybridized carbons (Fsp3) is 0.588. The highest BCUT2D eigenvalue weighted by molar-refractivity contribution is 5.83. The van der Waals surface area contributed by atoms with Gasteiger partial charge in [-0.15, -0.1) is 0 Å². The number of nitriles is 1. The summed E-state index contributed by atoms with van der Waals surface area (Å²) in [5.41, 5.74) is 2.66. The number of rotatable bonds is 3. The number of ether oxygens (including phenoxy) is 1. The van der Waals surface area contributed by atoms with Crippen molar-refractivity contribution < 1.29 is 4.74 Å². The molecule has 4 rings (SSSR count). The number of aromatic nitrogens is 3. The van der Waals surface area contributed by atoms with Crippen molar-refractivity contribution in [2.24, 2.45) is 0 Å². The predicted octanol–water partition coefficient (Wildman–Crippen LogP) is 2.23. The first kappa shape index (κ1) is 14.5. The van der Waals surface area contributed by atoms with Gasteiger partial charge in [-0.05, 0) is 32.8 Å². The number of fused-ring (bicyclic) bond motifs is 1. The molecule has 2 fully saturated rings. The summed E-state index contributed by atoms with van der Waals surface area (Å²) in [5.74, 6) is 0.945. The quantitative estimate of drug-likeness (QED) is 0.869. The molecule has 0 N–H and O–H groups in total. The summed E-state index contributed by atoms with van der Waals surface area (Å²) in [6.07, 6.45) is 3.68. The number of pyridine rings is 1. The summed E-state index contributed by atoms with van der Waals surface area (Å²) in [6.45, 7) is 7.27. The van der Waals surface area contributed by atoms with E-state index in [0.29, 0.717) is 12.6 Å². The molecule has 23 heavy (non-hydrogen) atoms. The topological polar surface area (TPSA) is 67.0 Å². The first-order valence-electron chi connectivity index (χ1n) is 8.31. The van der Waals surface area contributed by atoms with Crippen LogP contribution in [0.2, 0.25) is 0 Å². The average molecular weight is 311 g/mol. The molecule has 6 nitrogen and oxygen atoms in total. The van der Waals surface area contributed by atoms with E-state index >= 15 is 0 Å². The predicted molar refractivity (Wildman–Crippen MR) is 87.4 cm³/mol. The van der Waals surface area contributed by atoms with Gasteiger partial charge in [0.2, 0.25) is 0 Å². The number of aryl methyl sites for hydroxylation is 1. The standard InChI is InChI=1S/C17H21N5O/c1-3-22-16-13(17(11-18)4-5-17)8-15(20-14(16)9-19-22)21-6-7-23-10-12(21)2/h8-9,12H,3-7,10H2,1-2H3/t12-/m1/s1. The van der Waals surface area contributed by atoms with Crippen molar-refractivity contribution >= 4 is 16.9 Å². The van der Waals surface area contributed by atoms with Crippen molar-refractivity contribution in [1.82, 2.24) is 14.8 Å². The fourth-order valence-electron chi connectivity index (χ4n) is 3.47. The lowest BCUT2D eigenvalue weighted by Crippen LogP contribution is -2.44. The van der Waals surface area contributed by atoms with Gasteiger partial charge < -0.3 is 9.64 Å². The summed E-state index contributed by atoms with van der Waals surface area (Å²) in [6, 6.07) is 4.94. The van der Waals surface area contributed by atoms with Crippen LogP contribution in [0, 0.1) is 11.3 Å². The molecular weight excluding hydrogens is 290 g/mol. The van der Waals surface area contributed by atoms with Crippen LogP contribution in [0.1, 0.15) is 32.3 Å². The largest absolute Gasteiger partial charge is 0.377 e. The Kier molecular flexibility index (Phi) is 3.27. The maximum absolute atomic E-state index is 9.69. The Morgan fingerprint density at radius 3 is 2.96 bits per heavy atom. The minimum Gasteiger partial charge on any atom is -0.377 e. The molecule has 0 spiro atoms. The normalized spacial score (nSPS) is 23.0. The lowest BCUT2D eigenvalue weighted by molar-refractivity contribution is 0.0985. The second kappa shape index (κ2) is 5.20. The van der Waals surface area contributed by atoms with E-state index in [-0.39, 0.29) is 5.41 Å². The molecule has 3 heterocycles. The Balaban J connectivity index is 1.90. The highest BCUT2D eigenvalue weighted by Gasteiger charge is 2.47. The molecule has 2 aromatic heterocycles. The summed E-state index contributed by atoms with van der Waals surface area (Å²) in [7, 11) is 0. The second-order valence-electron chi connectivity index (χ2n) is 6.53. The molecule has 1 aliphatic heterocycles. The third-order valence-electron chi connectivity index (χ3n) is 5.02. The second-order valence-corrected chi connectivity index (χ2v) is 6.53. The van der Waals surface area contributed by atoms with Gasteiger partial charge in [0, 0.05) is 18.7 Å². The Hall–Kier alpha value is -2.13. The third kappa shape index (κ3) is 2.19. The number of nitrogens with zero attached hydrogens (tertiary/aromatic N) is 5. The molecule has 0 aromatic carbocycles.